The van der Waals surface area contributed by atoms with Crippen molar-refractivity contribution in [2.75, 3.05) is 24.5 Å². The molecule has 32 heavy (non-hydrogen) atoms. The molecule has 1 aliphatic rings. The summed E-state index contributed by atoms with van der Waals surface area (Å²) in [5.41, 5.74) is 6.83. The lowest BCUT2D eigenvalue weighted by Gasteiger charge is -2.39. The second kappa shape index (κ2) is 7.50. The first-order valence-electron chi connectivity index (χ1n) is 10.2. The number of anilines is 1. The summed E-state index contributed by atoms with van der Waals surface area (Å²) >= 11 is 0. The Labute approximate surface area is 181 Å². The highest BCUT2D eigenvalue weighted by Gasteiger charge is 2.36. The van der Waals surface area contributed by atoms with E-state index in [9.17, 15) is 14.0 Å². The van der Waals surface area contributed by atoms with Gasteiger partial charge in [-0.25, -0.2) is 18.2 Å². The third-order valence-corrected chi connectivity index (χ3v) is 6.04. The number of pyridine rings is 2. The topological polar surface area (TPSA) is 94.6 Å². The summed E-state index contributed by atoms with van der Waals surface area (Å²) < 4.78 is 44.5. The van der Waals surface area contributed by atoms with Gasteiger partial charge in [-0.3, -0.25) is 4.98 Å². The van der Waals surface area contributed by atoms with Crippen molar-refractivity contribution < 1.29 is 13.2 Å². The fraction of sp³-hybridized carbons (Fsp3) is 0.261. The molecule has 1 unspecified atom stereocenters. The summed E-state index contributed by atoms with van der Waals surface area (Å²) in [4.78, 5) is 13.4. The molecule has 5 rings (SSSR count). The van der Waals surface area contributed by atoms with Crippen molar-refractivity contribution in [2.45, 2.75) is 18.5 Å². The van der Waals surface area contributed by atoms with Crippen molar-refractivity contribution in [1.29, 1.82) is 5.26 Å². The van der Waals surface area contributed by atoms with Crippen molar-refractivity contribution in [1.82, 2.24) is 15.0 Å². The molecule has 0 amide bonds. The van der Waals surface area contributed by atoms with Crippen LogP contribution in [0, 0.1) is 23.0 Å². The second-order valence-electron chi connectivity index (χ2n) is 8.11. The van der Waals surface area contributed by atoms with Crippen LogP contribution in [0.25, 0.3) is 33.1 Å². The zero-order valence-electron chi connectivity index (χ0n) is 17.0. The number of rotatable bonds is 3. The van der Waals surface area contributed by atoms with Crippen molar-refractivity contribution in [3.05, 3.63) is 54.0 Å². The molecule has 162 valence electrons. The number of hydrogen-bond donors (Lipinski definition) is 2. The normalized spacial score (nSPS) is 18.9. The minimum Gasteiger partial charge on any atom is -0.367 e. The lowest BCUT2D eigenvalue weighted by Crippen LogP contribution is -2.49. The van der Waals surface area contributed by atoms with Gasteiger partial charge in [-0.2, -0.15) is 5.26 Å². The van der Waals surface area contributed by atoms with Crippen LogP contribution in [0.15, 0.2) is 36.8 Å². The van der Waals surface area contributed by atoms with Gasteiger partial charge in [-0.05, 0) is 31.0 Å². The number of nitriles is 1. The third-order valence-electron chi connectivity index (χ3n) is 6.04. The first kappa shape index (κ1) is 20.3. The average molecular weight is 436 g/mol. The summed E-state index contributed by atoms with van der Waals surface area (Å²) in [6.07, 6.45) is 5.45. The van der Waals surface area contributed by atoms with E-state index in [4.69, 9.17) is 5.73 Å². The fourth-order valence-electron chi connectivity index (χ4n) is 4.49. The van der Waals surface area contributed by atoms with Gasteiger partial charge >= 0.3 is 0 Å². The molecule has 0 saturated carbocycles. The van der Waals surface area contributed by atoms with Crippen LogP contribution >= 0.6 is 0 Å². The molecule has 1 fully saturated rings. The van der Waals surface area contributed by atoms with Gasteiger partial charge in [-0.1, -0.05) is 0 Å². The minimum absolute atomic E-state index is 0.00455. The molecule has 1 atom stereocenters. The van der Waals surface area contributed by atoms with Gasteiger partial charge < -0.3 is 15.6 Å². The number of halogens is 3. The van der Waals surface area contributed by atoms with Crippen LogP contribution in [0.2, 0.25) is 0 Å². The van der Waals surface area contributed by atoms with E-state index in [0.717, 1.165) is 6.07 Å². The molecule has 3 N–H and O–H groups in total. The Kier molecular flexibility index (Phi) is 4.75. The Morgan fingerprint density at radius 3 is 2.84 bits per heavy atom. The number of alkyl halides is 1. The number of hydrogen-bond acceptors (Lipinski definition) is 5. The first-order valence-corrected chi connectivity index (χ1v) is 10.2. The second-order valence-corrected chi connectivity index (χ2v) is 8.11. The van der Waals surface area contributed by atoms with Crippen LogP contribution in [0.1, 0.15) is 18.4 Å². The van der Waals surface area contributed by atoms with Crippen LogP contribution in [-0.4, -0.2) is 40.3 Å². The summed E-state index contributed by atoms with van der Waals surface area (Å²) in [5.74, 6) is -1.98. The van der Waals surface area contributed by atoms with Crippen LogP contribution in [-0.2, 0) is 0 Å². The van der Waals surface area contributed by atoms with Crippen LogP contribution in [0.3, 0.4) is 0 Å². The smallest absolute Gasteiger partial charge is 0.168 e. The van der Waals surface area contributed by atoms with Gasteiger partial charge in [0.05, 0.1) is 28.7 Å². The highest BCUT2D eigenvalue weighted by Crippen LogP contribution is 2.43. The van der Waals surface area contributed by atoms with Crippen molar-refractivity contribution >= 4 is 27.6 Å². The average Bonchev–Trinajstić information content (AvgIpc) is 3.20. The molecule has 0 aliphatic carbocycles. The molecule has 1 aromatic carbocycles. The van der Waals surface area contributed by atoms with Gasteiger partial charge in [0.25, 0.3) is 0 Å². The summed E-state index contributed by atoms with van der Waals surface area (Å²) in [7, 11) is 0. The molecule has 4 heterocycles. The molecule has 1 saturated heterocycles. The first-order chi connectivity index (χ1) is 15.4. The van der Waals surface area contributed by atoms with Gasteiger partial charge in [0.1, 0.15) is 17.4 Å². The number of nitrogens with one attached hydrogen (secondary N) is 1. The van der Waals surface area contributed by atoms with E-state index < -0.39 is 17.3 Å². The van der Waals surface area contributed by atoms with E-state index in [2.05, 4.69) is 15.0 Å². The SMILES string of the molecule is N#Cc1cncc(-c2cnc3[nH]c4ccc(F)c(F)c4c3c2N2CCCC(F)(CN)C2)c1. The quantitative estimate of drug-likeness (QED) is 0.502. The third kappa shape index (κ3) is 3.15. The predicted molar refractivity (Wildman–Crippen MR) is 116 cm³/mol. The van der Waals surface area contributed by atoms with E-state index in [1.807, 2.05) is 11.0 Å². The molecule has 1 aliphatic heterocycles. The van der Waals surface area contributed by atoms with Crippen molar-refractivity contribution in [3.8, 4) is 17.2 Å². The molecule has 0 radical (unpaired) electrons. The Morgan fingerprint density at radius 1 is 1.22 bits per heavy atom. The number of fused-ring (bicyclic) bond motifs is 3. The number of aromatic nitrogens is 3. The summed E-state index contributed by atoms with van der Waals surface area (Å²) in [6, 6.07) is 6.19. The van der Waals surface area contributed by atoms with Crippen LogP contribution in [0.4, 0.5) is 18.9 Å². The summed E-state index contributed by atoms with van der Waals surface area (Å²) in [6.45, 7) is 0.368. The van der Waals surface area contributed by atoms with Gasteiger partial charge in [-0.15, -0.1) is 0 Å². The van der Waals surface area contributed by atoms with E-state index in [1.54, 1.807) is 18.5 Å². The van der Waals surface area contributed by atoms with Gasteiger partial charge in [0.15, 0.2) is 11.6 Å². The van der Waals surface area contributed by atoms with Crippen molar-refractivity contribution in [3.63, 3.8) is 0 Å². The molecule has 3 aromatic heterocycles. The summed E-state index contributed by atoms with van der Waals surface area (Å²) in [5, 5.41) is 9.71. The standard InChI is InChI=1S/C23H19F3N6/c24-16-2-3-17-18(20(16)25)19-21(32-5-1-4-23(26,11-28)12-32)15(10-30-22(19)31-17)14-6-13(7-27)8-29-9-14/h2-3,6,8-10H,1,4-5,11-12,28H2,(H,30,31). The Bertz CT molecular complexity index is 1390. The van der Waals surface area contributed by atoms with E-state index in [1.165, 1.54) is 12.3 Å². The van der Waals surface area contributed by atoms with Gasteiger partial charge in [0, 0.05) is 48.2 Å². The maximum Gasteiger partial charge on any atom is 0.168 e. The largest absolute Gasteiger partial charge is 0.367 e. The monoisotopic (exact) mass is 436 g/mol. The number of H-pyrrole nitrogens is 1. The lowest BCUT2D eigenvalue weighted by atomic mass is 9.92. The number of aromatic amines is 1. The number of nitrogens with zero attached hydrogens (tertiary/aromatic N) is 4. The molecule has 9 heteroatoms. The lowest BCUT2D eigenvalue weighted by molar-refractivity contribution is 0.146. The highest BCUT2D eigenvalue weighted by molar-refractivity contribution is 6.15. The highest BCUT2D eigenvalue weighted by atomic mass is 19.2. The molecular formula is C23H19F3N6. The van der Waals surface area contributed by atoms with Crippen LogP contribution < -0.4 is 10.6 Å². The van der Waals surface area contributed by atoms with Crippen LogP contribution in [0.5, 0.6) is 0 Å². The minimum atomic E-state index is -1.60. The molecule has 6 nitrogen and oxygen atoms in total. The fourth-order valence-corrected chi connectivity index (χ4v) is 4.49. The molecular weight excluding hydrogens is 417 g/mol. The molecule has 0 bridgehead atoms. The molecule has 0 spiro atoms. The molecule has 4 aromatic rings. The Balaban J connectivity index is 1.86. The zero-order chi connectivity index (χ0) is 22.5. The number of nitrogens with two attached hydrogens (primary N) is 1. The number of piperidine rings is 1. The van der Waals surface area contributed by atoms with Crippen molar-refractivity contribution in [2.24, 2.45) is 5.73 Å². The maximum atomic E-state index is 15.3. The van der Waals surface area contributed by atoms with E-state index >= 15 is 4.39 Å². The van der Waals surface area contributed by atoms with E-state index in [0.29, 0.717) is 58.3 Å². The maximum absolute atomic E-state index is 15.3. The zero-order valence-corrected chi connectivity index (χ0v) is 17.0. The Hall–Kier alpha value is -3.64. The number of benzene rings is 1. The Morgan fingerprint density at radius 2 is 2.06 bits per heavy atom. The predicted octanol–water partition coefficient (Wildman–Crippen LogP) is 4.20. The van der Waals surface area contributed by atoms with E-state index in [-0.39, 0.29) is 18.5 Å². The van der Waals surface area contributed by atoms with Gasteiger partial charge in [0.2, 0.25) is 0 Å².